The molecule has 1 aromatic heterocycles. The minimum atomic E-state index is -0.714. The number of hydrogen-bond acceptors (Lipinski definition) is 5. The number of carbonyl (C=O) groups excluding carboxylic acids is 1. The molecule has 0 fully saturated rings. The van der Waals surface area contributed by atoms with Crippen molar-refractivity contribution < 1.29 is 9.53 Å². The number of methoxy groups -OCH3 is 1. The predicted molar refractivity (Wildman–Crippen MR) is 65.1 cm³/mol. The van der Waals surface area contributed by atoms with Crippen molar-refractivity contribution in [2.45, 2.75) is 13.3 Å². The lowest BCUT2D eigenvalue weighted by molar-refractivity contribution is 0.259. The number of rotatable bonds is 3. The van der Waals surface area contributed by atoms with Gasteiger partial charge >= 0.3 is 6.03 Å². The van der Waals surface area contributed by atoms with Gasteiger partial charge in [0.2, 0.25) is 5.90 Å². The lowest BCUT2D eigenvalue weighted by atomic mass is 10.1. The van der Waals surface area contributed by atoms with Crippen LogP contribution in [0.15, 0.2) is 6.07 Å². The van der Waals surface area contributed by atoms with Crippen LogP contribution >= 0.6 is 0 Å². The molecule has 0 radical (unpaired) electrons. The fraction of sp³-hybridized carbons (Fsp3) is 0.300. The van der Waals surface area contributed by atoms with Crippen LogP contribution in [0.2, 0.25) is 0 Å². The van der Waals surface area contributed by atoms with Gasteiger partial charge < -0.3 is 16.2 Å². The number of anilines is 2. The van der Waals surface area contributed by atoms with Gasteiger partial charge in [0.25, 0.3) is 0 Å². The van der Waals surface area contributed by atoms with Gasteiger partial charge in [-0.3, -0.25) is 10.7 Å². The number of hydrogen-bond donors (Lipinski definition) is 4. The molecule has 1 rings (SSSR count). The van der Waals surface area contributed by atoms with E-state index in [1.807, 2.05) is 6.92 Å². The molecule has 0 bridgehead atoms. The summed E-state index contributed by atoms with van der Waals surface area (Å²) in [7, 11) is 1.39. The first-order valence-electron chi connectivity index (χ1n) is 4.98. The van der Waals surface area contributed by atoms with Crippen molar-refractivity contribution in [2.24, 2.45) is 5.73 Å². The minimum Gasteiger partial charge on any atom is -0.481 e. The number of aromatic nitrogens is 1. The second-order valence-electron chi connectivity index (χ2n) is 3.29. The standard InChI is InChI=1S/C10H15N5O2/c1-3-6-8(9(12)17-2)5(11)4-7(14-6)15-10(13)16/h4,12H,3H2,1-2H3,(H5,11,13,14,15,16). The third-order valence-electron chi connectivity index (χ3n) is 2.14. The van der Waals surface area contributed by atoms with Crippen LogP contribution in [0.4, 0.5) is 16.3 Å². The Morgan fingerprint density at radius 1 is 1.65 bits per heavy atom. The van der Waals surface area contributed by atoms with Gasteiger partial charge in [0.15, 0.2) is 0 Å². The third kappa shape index (κ3) is 2.83. The molecule has 0 saturated carbocycles. The SMILES string of the molecule is CCc1nc(NC(N)=O)cc(N)c1C(=N)OC. The molecule has 92 valence electrons. The first-order chi connectivity index (χ1) is 7.99. The van der Waals surface area contributed by atoms with Crippen LogP contribution in [0.3, 0.4) is 0 Å². The van der Waals surface area contributed by atoms with E-state index in [4.69, 9.17) is 21.6 Å². The predicted octanol–water partition coefficient (Wildman–Crippen LogP) is 0.689. The monoisotopic (exact) mass is 237 g/mol. The number of carbonyl (C=O) groups is 1. The zero-order valence-electron chi connectivity index (χ0n) is 9.70. The summed E-state index contributed by atoms with van der Waals surface area (Å²) in [4.78, 5) is 14.9. The number of nitrogens with two attached hydrogens (primary N) is 2. The molecule has 6 N–H and O–H groups in total. The average Bonchev–Trinajstić information content (AvgIpc) is 2.26. The van der Waals surface area contributed by atoms with Gasteiger partial charge in [0.1, 0.15) is 5.82 Å². The fourth-order valence-corrected chi connectivity index (χ4v) is 1.43. The fourth-order valence-electron chi connectivity index (χ4n) is 1.43. The smallest absolute Gasteiger partial charge is 0.317 e. The number of nitrogens with zero attached hydrogens (tertiary/aromatic N) is 1. The van der Waals surface area contributed by atoms with Crippen molar-refractivity contribution in [1.29, 1.82) is 5.41 Å². The molecule has 0 spiro atoms. The summed E-state index contributed by atoms with van der Waals surface area (Å²) >= 11 is 0. The van der Waals surface area contributed by atoms with Crippen LogP contribution in [0.1, 0.15) is 18.2 Å². The molecule has 0 aliphatic carbocycles. The zero-order valence-corrected chi connectivity index (χ0v) is 9.70. The number of nitrogens with one attached hydrogen (secondary N) is 2. The quantitative estimate of drug-likeness (QED) is 0.455. The lowest BCUT2D eigenvalue weighted by Crippen LogP contribution is -2.21. The zero-order chi connectivity index (χ0) is 13.0. The summed E-state index contributed by atoms with van der Waals surface area (Å²) in [6.45, 7) is 1.86. The Hall–Kier alpha value is -2.31. The van der Waals surface area contributed by atoms with Crippen LogP contribution in [0.25, 0.3) is 0 Å². The minimum absolute atomic E-state index is 0.0579. The first kappa shape index (κ1) is 12.8. The topological polar surface area (TPSA) is 127 Å². The molecule has 0 aliphatic heterocycles. The molecule has 7 nitrogen and oxygen atoms in total. The van der Waals surface area contributed by atoms with E-state index in [1.165, 1.54) is 13.2 Å². The molecular formula is C10H15N5O2. The van der Waals surface area contributed by atoms with Gasteiger partial charge in [-0.2, -0.15) is 0 Å². The Balaban J connectivity index is 3.25. The summed E-state index contributed by atoms with van der Waals surface area (Å²) in [5.41, 5.74) is 12.1. The Bertz CT molecular complexity index is 458. The van der Waals surface area contributed by atoms with Crippen molar-refractivity contribution in [3.8, 4) is 0 Å². The number of ether oxygens (including phenoxy) is 1. The Labute approximate surface area is 98.7 Å². The van der Waals surface area contributed by atoms with Crippen LogP contribution < -0.4 is 16.8 Å². The van der Waals surface area contributed by atoms with Crippen LogP contribution in [0, 0.1) is 5.41 Å². The van der Waals surface area contributed by atoms with Crippen molar-refractivity contribution in [2.75, 3.05) is 18.2 Å². The molecule has 0 aliphatic rings. The molecule has 17 heavy (non-hydrogen) atoms. The van der Waals surface area contributed by atoms with Crippen molar-refractivity contribution in [3.63, 3.8) is 0 Å². The van der Waals surface area contributed by atoms with Gasteiger partial charge in [0, 0.05) is 11.8 Å². The Kier molecular flexibility index (Phi) is 3.86. The number of amides is 2. The summed E-state index contributed by atoms with van der Waals surface area (Å²) < 4.78 is 4.83. The Morgan fingerprint density at radius 3 is 2.76 bits per heavy atom. The molecule has 0 atom stereocenters. The second-order valence-corrected chi connectivity index (χ2v) is 3.29. The number of pyridine rings is 1. The highest BCUT2D eigenvalue weighted by molar-refractivity contribution is 5.99. The summed E-state index contributed by atoms with van der Waals surface area (Å²) in [5, 5.41) is 9.96. The number of primary amides is 1. The highest BCUT2D eigenvalue weighted by Gasteiger charge is 2.15. The molecule has 0 saturated heterocycles. The molecule has 1 heterocycles. The van der Waals surface area contributed by atoms with E-state index in [9.17, 15) is 4.79 Å². The van der Waals surface area contributed by atoms with E-state index in [0.717, 1.165) is 0 Å². The summed E-state index contributed by atoms with van der Waals surface area (Å²) in [6, 6.07) is 0.723. The second kappa shape index (κ2) is 5.15. The first-order valence-corrected chi connectivity index (χ1v) is 4.98. The van der Waals surface area contributed by atoms with Crippen LogP contribution in [0.5, 0.6) is 0 Å². The maximum absolute atomic E-state index is 10.7. The highest BCUT2D eigenvalue weighted by Crippen LogP contribution is 2.21. The Morgan fingerprint density at radius 2 is 2.29 bits per heavy atom. The van der Waals surface area contributed by atoms with E-state index in [-0.39, 0.29) is 11.7 Å². The molecule has 2 amide bonds. The molecular weight excluding hydrogens is 222 g/mol. The molecule has 1 aromatic rings. The van der Waals surface area contributed by atoms with Gasteiger partial charge in [-0.25, -0.2) is 9.78 Å². The van der Waals surface area contributed by atoms with E-state index >= 15 is 0 Å². The number of urea groups is 1. The van der Waals surface area contributed by atoms with Gasteiger partial charge in [-0.05, 0) is 6.42 Å². The molecule has 0 unspecified atom stereocenters. The van der Waals surface area contributed by atoms with E-state index < -0.39 is 6.03 Å². The molecule has 7 heteroatoms. The summed E-state index contributed by atoms with van der Waals surface area (Å²) in [6.07, 6.45) is 0.555. The number of aryl methyl sites for hydroxylation is 1. The largest absolute Gasteiger partial charge is 0.481 e. The van der Waals surface area contributed by atoms with Gasteiger partial charge in [0.05, 0.1) is 18.4 Å². The van der Waals surface area contributed by atoms with E-state index in [0.29, 0.717) is 23.4 Å². The van der Waals surface area contributed by atoms with Crippen LogP contribution in [-0.4, -0.2) is 24.0 Å². The average molecular weight is 237 g/mol. The van der Waals surface area contributed by atoms with E-state index in [2.05, 4.69) is 10.3 Å². The van der Waals surface area contributed by atoms with E-state index in [1.54, 1.807) is 0 Å². The van der Waals surface area contributed by atoms with Crippen molar-refractivity contribution in [1.82, 2.24) is 4.98 Å². The van der Waals surface area contributed by atoms with Crippen molar-refractivity contribution in [3.05, 3.63) is 17.3 Å². The van der Waals surface area contributed by atoms with Gasteiger partial charge in [-0.1, -0.05) is 6.92 Å². The third-order valence-corrected chi connectivity index (χ3v) is 2.14. The van der Waals surface area contributed by atoms with Crippen LogP contribution in [-0.2, 0) is 11.2 Å². The number of nitrogen functional groups attached to an aromatic ring is 1. The highest BCUT2D eigenvalue weighted by atomic mass is 16.5. The summed E-state index contributed by atoms with van der Waals surface area (Å²) in [5.74, 6) is 0.206. The normalized spacial score (nSPS) is 9.76. The maximum atomic E-state index is 10.7. The molecule has 0 aromatic carbocycles. The van der Waals surface area contributed by atoms with Crippen molar-refractivity contribution >= 4 is 23.4 Å². The maximum Gasteiger partial charge on any atom is 0.317 e. The van der Waals surface area contributed by atoms with Gasteiger partial charge in [-0.15, -0.1) is 0 Å². The lowest BCUT2D eigenvalue weighted by Gasteiger charge is -2.12.